The Balaban J connectivity index is 2.80. The van der Waals surface area contributed by atoms with Crippen LogP contribution in [0.2, 0.25) is 0 Å². The molecule has 0 aromatic heterocycles. The Bertz CT molecular complexity index is 352. The first-order valence-corrected chi connectivity index (χ1v) is 5.54. The number of rotatable bonds is 5. The summed E-state index contributed by atoms with van der Waals surface area (Å²) < 4.78 is 5.36. The van der Waals surface area contributed by atoms with Gasteiger partial charge in [0.1, 0.15) is 6.10 Å². The molecule has 0 aliphatic carbocycles. The third-order valence-electron chi connectivity index (χ3n) is 2.39. The topological polar surface area (TPSA) is 26.3 Å². The van der Waals surface area contributed by atoms with E-state index in [1.807, 2.05) is 31.2 Å². The summed E-state index contributed by atoms with van der Waals surface area (Å²) in [6, 6.07) is 8.02. The Morgan fingerprint density at radius 3 is 2.56 bits per heavy atom. The van der Waals surface area contributed by atoms with E-state index in [4.69, 9.17) is 4.74 Å². The van der Waals surface area contributed by atoms with E-state index in [1.165, 1.54) is 5.56 Å². The average molecular weight is 218 g/mol. The molecule has 0 bridgehead atoms. The molecule has 1 unspecified atom stereocenters. The maximum atomic E-state index is 11.3. The van der Waals surface area contributed by atoms with Gasteiger partial charge < -0.3 is 4.74 Å². The largest absolute Gasteiger partial charge is 0.457 e. The molecule has 1 aromatic rings. The highest BCUT2D eigenvalue weighted by Gasteiger charge is 2.13. The van der Waals surface area contributed by atoms with Gasteiger partial charge in [0.2, 0.25) is 0 Å². The summed E-state index contributed by atoms with van der Waals surface area (Å²) in [5, 5.41) is 0. The van der Waals surface area contributed by atoms with Crippen molar-refractivity contribution in [1.29, 1.82) is 0 Å². The second kappa shape index (κ2) is 6.11. The second-order valence-electron chi connectivity index (χ2n) is 3.77. The Morgan fingerprint density at radius 1 is 1.44 bits per heavy atom. The fourth-order valence-corrected chi connectivity index (χ4v) is 1.43. The lowest BCUT2D eigenvalue weighted by Crippen LogP contribution is -2.09. The standard InChI is InChI=1S/C14H18O2/c1-4-6-13(16-14(15)5-2)12-9-7-11(3)8-10-12/h4,7-10,13H,1,5-6H2,2-3H3. The minimum atomic E-state index is -0.203. The minimum absolute atomic E-state index is 0.174. The van der Waals surface area contributed by atoms with Crippen LogP contribution in [0.3, 0.4) is 0 Å². The highest BCUT2D eigenvalue weighted by molar-refractivity contribution is 5.69. The summed E-state index contributed by atoms with van der Waals surface area (Å²) in [5.74, 6) is -0.174. The van der Waals surface area contributed by atoms with E-state index in [9.17, 15) is 4.79 Å². The zero-order valence-electron chi connectivity index (χ0n) is 9.90. The summed E-state index contributed by atoms with van der Waals surface area (Å²) in [5.41, 5.74) is 2.22. The van der Waals surface area contributed by atoms with Crippen LogP contribution in [0.15, 0.2) is 36.9 Å². The van der Waals surface area contributed by atoms with Crippen molar-refractivity contribution in [1.82, 2.24) is 0 Å². The monoisotopic (exact) mass is 218 g/mol. The van der Waals surface area contributed by atoms with Crippen LogP contribution >= 0.6 is 0 Å². The van der Waals surface area contributed by atoms with Crippen LogP contribution in [0.1, 0.15) is 37.0 Å². The molecule has 2 heteroatoms. The Labute approximate surface area is 96.9 Å². The third-order valence-corrected chi connectivity index (χ3v) is 2.39. The van der Waals surface area contributed by atoms with E-state index in [-0.39, 0.29) is 12.1 Å². The van der Waals surface area contributed by atoms with Crippen molar-refractivity contribution in [2.24, 2.45) is 0 Å². The van der Waals surface area contributed by atoms with E-state index in [0.29, 0.717) is 12.8 Å². The molecule has 0 amide bonds. The summed E-state index contributed by atoms with van der Waals surface area (Å²) in [6.45, 7) is 7.51. The zero-order valence-corrected chi connectivity index (χ0v) is 9.90. The van der Waals surface area contributed by atoms with Crippen LogP contribution in [0.25, 0.3) is 0 Å². The van der Waals surface area contributed by atoms with Crippen molar-refractivity contribution in [2.45, 2.75) is 32.8 Å². The van der Waals surface area contributed by atoms with E-state index >= 15 is 0 Å². The van der Waals surface area contributed by atoms with E-state index in [0.717, 1.165) is 5.56 Å². The molecular formula is C14H18O2. The Kier molecular flexibility index (Phi) is 4.77. The molecule has 0 aliphatic heterocycles. The average Bonchev–Trinajstić information content (AvgIpc) is 2.29. The first kappa shape index (κ1) is 12.5. The van der Waals surface area contributed by atoms with Crippen molar-refractivity contribution in [3.05, 3.63) is 48.0 Å². The smallest absolute Gasteiger partial charge is 0.306 e. The van der Waals surface area contributed by atoms with Gasteiger partial charge in [0, 0.05) is 12.8 Å². The molecule has 0 aliphatic rings. The van der Waals surface area contributed by atoms with Crippen molar-refractivity contribution < 1.29 is 9.53 Å². The predicted octanol–water partition coefficient (Wildman–Crippen LogP) is 3.57. The number of carbonyl (C=O) groups is 1. The number of ether oxygens (including phenoxy) is 1. The molecular weight excluding hydrogens is 200 g/mol. The number of hydrogen-bond acceptors (Lipinski definition) is 2. The summed E-state index contributed by atoms with van der Waals surface area (Å²) in [7, 11) is 0. The molecule has 0 radical (unpaired) electrons. The van der Waals surface area contributed by atoms with Gasteiger partial charge in [-0.15, -0.1) is 6.58 Å². The molecule has 0 N–H and O–H groups in total. The lowest BCUT2D eigenvalue weighted by Gasteiger charge is -2.16. The van der Waals surface area contributed by atoms with Gasteiger partial charge in [-0.1, -0.05) is 42.8 Å². The normalized spacial score (nSPS) is 11.9. The highest BCUT2D eigenvalue weighted by atomic mass is 16.5. The maximum absolute atomic E-state index is 11.3. The summed E-state index contributed by atoms with van der Waals surface area (Å²) >= 11 is 0. The first-order chi connectivity index (χ1) is 7.67. The van der Waals surface area contributed by atoms with Gasteiger partial charge in [-0.25, -0.2) is 0 Å². The highest BCUT2D eigenvalue weighted by Crippen LogP contribution is 2.22. The van der Waals surface area contributed by atoms with Crippen molar-refractivity contribution in [3.8, 4) is 0 Å². The van der Waals surface area contributed by atoms with Crippen molar-refractivity contribution >= 4 is 5.97 Å². The number of aryl methyl sites for hydroxylation is 1. The zero-order chi connectivity index (χ0) is 12.0. The number of benzene rings is 1. The molecule has 0 saturated carbocycles. The fourth-order valence-electron chi connectivity index (χ4n) is 1.43. The van der Waals surface area contributed by atoms with Gasteiger partial charge in [-0.3, -0.25) is 4.79 Å². The lowest BCUT2D eigenvalue weighted by atomic mass is 10.0. The van der Waals surface area contributed by atoms with Gasteiger partial charge in [0.05, 0.1) is 0 Å². The number of hydrogen-bond donors (Lipinski definition) is 0. The quantitative estimate of drug-likeness (QED) is 0.558. The molecule has 86 valence electrons. The Hall–Kier alpha value is -1.57. The van der Waals surface area contributed by atoms with Crippen LogP contribution in [-0.4, -0.2) is 5.97 Å². The molecule has 0 spiro atoms. The third kappa shape index (κ3) is 3.54. The van der Waals surface area contributed by atoms with Gasteiger partial charge in [0.15, 0.2) is 0 Å². The minimum Gasteiger partial charge on any atom is -0.457 e. The van der Waals surface area contributed by atoms with Crippen molar-refractivity contribution in [3.63, 3.8) is 0 Å². The molecule has 1 atom stereocenters. The first-order valence-electron chi connectivity index (χ1n) is 5.54. The molecule has 1 aromatic carbocycles. The molecule has 0 heterocycles. The number of carbonyl (C=O) groups excluding carboxylic acids is 1. The molecule has 16 heavy (non-hydrogen) atoms. The van der Waals surface area contributed by atoms with Gasteiger partial charge in [-0.05, 0) is 12.5 Å². The van der Waals surface area contributed by atoms with Gasteiger partial charge >= 0.3 is 5.97 Å². The fraction of sp³-hybridized carbons (Fsp3) is 0.357. The number of esters is 1. The van der Waals surface area contributed by atoms with Crippen LogP contribution in [-0.2, 0) is 9.53 Å². The predicted molar refractivity (Wildman–Crippen MR) is 65.1 cm³/mol. The molecule has 0 fully saturated rings. The Morgan fingerprint density at radius 2 is 2.06 bits per heavy atom. The van der Waals surface area contributed by atoms with Crippen molar-refractivity contribution in [2.75, 3.05) is 0 Å². The van der Waals surface area contributed by atoms with E-state index in [1.54, 1.807) is 13.0 Å². The summed E-state index contributed by atoms with van der Waals surface area (Å²) in [4.78, 5) is 11.3. The molecule has 2 nitrogen and oxygen atoms in total. The van der Waals surface area contributed by atoms with E-state index < -0.39 is 0 Å². The van der Waals surface area contributed by atoms with Crippen LogP contribution in [0.5, 0.6) is 0 Å². The van der Waals surface area contributed by atoms with E-state index in [2.05, 4.69) is 6.58 Å². The molecule has 1 rings (SSSR count). The second-order valence-corrected chi connectivity index (χ2v) is 3.77. The lowest BCUT2D eigenvalue weighted by molar-refractivity contribution is -0.148. The maximum Gasteiger partial charge on any atom is 0.306 e. The van der Waals surface area contributed by atoms with Gasteiger partial charge in [-0.2, -0.15) is 0 Å². The van der Waals surface area contributed by atoms with Crippen LogP contribution < -0.4 is 0 Å². The summed E-state index contributed by atoms with van der Waals surface area (Å²) in [6.07, 6.45) is 2.62. The van der Waals surface area contributed by atoms with Crippen LogP contribution in [0.4, 0.5) is 0 Å². The van der Waals surface area contributed by atoms with Crippen LogP contribution in [0, 0.1) is 6.92 Å². The SMILES string of the molecule is C=CCC(OC(=O)CC)c1ccc(C)cc1. The molecule has 0 saturated heterocycles. The van der Waals surface area contributed by atoms with Gasteiger partial charge in [0.25, 0.3) is 0 Å².